The highest BCUT2D eigenvalue weighted by molar-refractivity contribution is 6.33. The Labute approximate surface area is 210 Å². The number of hydrogen-bond acceptors (Lipinski definition) is 4. The number of fused-ring (bicyclic) bond motifs is 1. The fourth-order valence-electron chi connectivity index (χ4n) is 4.96. The summed E-state index contributed by atoms with van der Waals surface area (Å²) in [5, 5.41) is 7.02. The number of hydrogen-bond donors (Lipinski definition) is 0. The lowest BCUT2D eigenvalue weighted by Gasteiger charge is -2.30. The molecule has 0 N–H and O–H groups in total. The molecule has 5 nitrogen and oxygen atoms in total. The average molecular weight is 487 g/mol. The number of nitrogens with zero attached hydrogens (tertiary/aromatic N) is 2. The van der Waals surface area contributed by atoms with Crippen LogP contribution in [0.25, 0.3) is 6.08 Å². The molecule has 0 spiro atoms. The van der Waals surface area contributed by atoms with Crippen LogP contribution in [-0.4, -0.2) is 30.8 Å². The van der Waals surface area contributed by atoms with E-state index in [2.05, 4.69) is 6.08 Å². The summed E-state index contributed by atoms with van der Waals surface area (Å²) < 4.78 is 10.6. The Bertz CT molecular complexity index is 1280. The fraction of sp³-hybridized carbons (Fsp3) is 0.241. The van der Waals surface area contributed by atoms with Crippen molar-refractivity contribution in [2.45, 2.75) is 25.3 Å². The van der Waals surface area contributed by atoms with Gasteiger partial charge in [-0.15, -0.1) is 0 Å². The van der Waals surface area contributed by atoms with Crippen molar-refractivity contribution in [3.8, 4) is 11.5 Å². The topological polar surface area (TPSA) is 51.1 Å². The zero-order valence-electron chi connectivity index (χ0n) is 19.8. The zero-order chi connectivity index (χ0) is 24.4. The van der Waals surface area contributed by atoms with Gasteiger partial charge in [0.15, 0.2) is 0 Å². The molecule has 178 valence electrons. The molecule has 3 aromatic carbocycles. The SMILES string of the molecule is COc1ccc(/C=C2\CCC[C@@H]3C2=NN(C(=O)c2ccccc2Cl)[C@@H]3c2ccc(OC)cc2)cc1. The quantitative estimate of drug-likeness (QED) is 0.398. The van der Waals surface area contributed by atoms with Crippen LogP contribution in [0, 0.1) is 5.92 Å². The predicted molar refractivity (Wildman–Crippen MR) is 139 cm³/mol. The minimum atomic E-state index is -0.209. The van der Waals surface area contributed by atoms with Crippen molar-refractivity contribution in [2.75, 3.05) is 14.2 Å². The van der Waals surface area contributed by atoms with Crippen LogP contribution in [0.3, 0.4) is 0 Å². The monoisotopic (exact) mass is 486 g/mol. The minimum absolute atomic E-state index is 0.105. The summed E-state index contributed by atoms with van der Waals surface area (Å²) in [6.07, 6.45) is 5.10. The van der Waals surface area contributed by atoms with Crippen LogP contribution < -0.4 is 9.47 Å². The van der Waals surface area contributed by atoms with E-state index < -0.39 is 0 Å². The fourth-order valence-corrected chi connectivity index (χ4v) is 5.18. The van der Waals surface area contributed by atoms with Gasteiger partial charge in [0.1, 0.15) is 11.5 Å². The molecule has 0 unspecified atom stereocenters. The third kappa shape index (κ3) is 4.56. The molecule has 5 rings (SSSR count). The summed E-state index contributed by atoms with van der Waals surface area (Å²) in [6, 6.07) is 22.8. The number of ether oxygens (including phenoxy) is 2. The van der Waals surface area contributed by atoms with E-state index in [9.17, 15) is 4.79 Å². The van der Waals surface area contributed by atoms with Crippen molar-refractivity contribution in [3.05, 3.63) is 100 Å². The summed E-state index contributed by atoms with van der Waals surface area (Å²) in [5.41, 5.74) is 4.71. The second kappa shape index (κ2) is 9.96. The lowest BCUT2D eigenvalue weighted by molar-refractivity contribution is 0.0681. The van der Waals surface area contributed by atoms with Crippen molar-refractivity contribution in [3.63, 3.8) is 0 Å². The minimum Gasteiger partial charge on any atom is -0.497 e. The largest absolute Gasteiger partial charge is 0.497 e. The highest BCUT2D eigenvalue weighted by Gasteiger charge is 2.44. The number of benzene rings is 3. The number of carbonyl (C=O) groups is 1. The Kier molecular flexibility index (Phi) is 6.60. The molecule has 0 aromatic heterocycles. The lowest BCUT2D eigenvalue weighted by Crippen LogP contribution is -2.32. The van der Waals surface area contributed by atoms with E-state index in [1.54, 1.807) is 31.4 Å². The number of hydrazone groups is 1. The van der Waals surface area contributed by atoms with Gasteiger partial charge in [-0.3, -0.25) is 4.79 Å². The smallest absolute Gasteiger partial charge is 0.276 e. The van der Waals surface area contributed by atoms with Crippen LogP contribution in [0.5, 0.6) is 11.5 Å². The second-order valence-corrected chi connectivity index (χ2v) is 9.18. The van der Waals surface area contributed by atoms with E-state index in [-0.39, 0.29) is 17.9 Å². The van der Waals surface area contributed by atoms with E-state index >= 15 is 0 Å². The zero-order valence-corrected chi connectivity index (χ0v) is 20.5. The molecule has 3 aromatic rings. The van der Waals surface area contributed by atoms with E-state index in [1.807, 2.05) is 60.7 Å². The van der Waals surface area contributed by atoms with Crippen LogP contribution in [-0.2, 0) is 0 Å². The van der Waals surface area contributed by atoms with Gasteiger partial charge in [0.05, 0.1) is 36.6 Å². The molecule has 2 aliphatic rings. The van der Waals surface area contributed by atoms with E-state index in [1.165, 1.54) is 5.57 Å². The molecule has 6 heteroatoms. The molecule has 1 fully saturated rings. The summed E-state index contributed by atoms with van der Waals surface area (Å²) in [7, 11) is 3.31. The van der Waals surface area contributed by atoms with E-state index in [4.69, 9.17) is 26.2 Å². The van der Waals surface area contributed by atoms with Gasteiger partial charge in [-0.1, -0.05) is 48.0 Å². The van der Waals surface area contributed by atoms with Crippen LogP contribution >= 0.6 is 11.6 Å². The summed E-state index contributed by atoms with van der Waals surface area (Å²) in [4.78, 5) is 13.7. The first-order valence-electron chi connectivity index (χ1n) is 11.7. The molecule has 1 amide bonds. The summed E-state index contributed by atoms with van der Waals surface area (Å²) >= 11 is 6.41. The number of rotatable bonds is 5. The van der Waals surface area contributed by atoms with Crippen LogP contribution in [0.15, 0.2) is 83.5 Å². The number of halogens is 1. The van der Waals surface area contributed by atoms with Gasteiger partial charge in [-0.05, 0) is 78.4 Å². The first-order chi connectivity index (χ1) is 17.1. The molecule has 35 heavy (non-hydrogen) atoms. The maximum Gasteiger partial charge on any atom is 0.276 e. The maximum absolute atomic E-state index is 13.7. The molecular weight excluding hydrogens is 460 g/mol. The molecule has 1 aliphatic carbocycles. The molecular formula is C29H27ClN2O3. The van der Waals surface area contributed by atoms with Gasteiger partial charge in [-0.25, -0.2) is 5.01 Å². The number of allylic oxidation sites excluding steroid dienone is 1. The maximum atomic E-state index is 13.7. The highest BCUT2D eigenvalue weighted by atomic mass is 35.5. The van der Waals surface area contributed by atoms with Crippen molar-refractivity contribution in [1.29, 1.82) is 0 Å². The third-order valence-electron chi connectivity index (χ3n) is 6.73. The highest BCUT2D eigenvalue weighted by Crippen LogP contribution is 2.45. The van der Waals surface area contributed by atoms with E-state index in [0.717, 1.165) is 47.6 Å². The first-order valence-corrected chi connectivity index (χ1v) is 12.1. The lowest BCUT2D eigenvalue weighted by atomic mass is 9.77. The number of carbonyl (C=O) groups excluding carboxylic acids is 1. The van der Waals surface area contributed by atoms with Gasteiger partial charge in [0, 0.05) is 5.92 Å². The van der Waals surface area contributed by atoms with Crippen molar-refractivity contribution in [2.24, 2.45) is 11.0 Å². The molecule has 0 radical (unpaired) electrons. The summed E-state index contributed by atoms with van der Waals surface area (Å²) in [6.45, 7) is 0. The Hall–Kier alpha value is -3.57. The van der Waals surface area contributed by atoms with Crippen molar-refractivity contribution >= 4 is 29.3 Å². The van der Waals surface area contributed by atoms with Crippen molar-refractivity contribution in [1.82, 2.24) is 5.01 Å². The Balaban J connectivity index is 1.56. The summed E-state index contributed by atoms with van der Waals surface area (Å²) in [5.74, 6) is 1.51. The van der Waals surface area contributed by atoms with E-state index in [0.29, 0.717) is 10.6 Å². The predicted octanol–water partition coefficient (Wildman–Crippen LogP) is 6.79. The van der Waals surface area contributed by atoms with Gasteiger partial charge >= 0.3 is 0 Å². The van der Waals surface area contributed by atoms with Crippen LogP contribution in [0.1, 0.15) is 46.8 Å². The Morgan fingerprint density at radius 1 is 0.971 bits per heavy atom. The number of methoxy groups -OCH3 is 2. The molecule has 1 heterocycles. The molecule has 1 saturated carbocycles. The normalized spacial score (nSPS) is 20.4. The van der Waals surface area contributed by atoms with Gasteiger partial charge < -0.3 is 9.47 Å². The van der Waals surface area contributed by atoms with Crippen LogP contribution in [0.2, 0.25) is 5.02 Å². The second-order valence-electron chi connectivity index (χ2n) is 8.77. The molecule has 0 bridgehead atoms. The van der Waals surface area contributed by atoms with Gasteiger partial charge in [0.25, 0.3) is 5.91 Å². The molecule has 0 saturated heterocycles. The van der Waals surface area contributed by atoms with Gasteiger partial charge in [0.2, 0.25) is 0 Å². The Morgan fingerprint density at radius 2 is 1.63 bits per heavy atom. The molecule has 2 atom stereocenters. The molecule has 1 aliphatic heterocycles. The standard InChI is InChI=1S/C29H27ClN2O3/c1-34-22-14-10-19(11-15-22)18-21-6-5-8-25-27(21)31-32(29(33)24-7-3-4-9-26(24)30)28(25)20-12-16-23(35-2)17-13-20/h3-4,7,9-18,25,28H,5-6,8H2,1-2H3/b21-18+/t25-,28-/m1/s1. The van der Waals surface area contributed by atoms with Crippen molar-refractivity contribution < 1.29 is 14.3 Å². The first kappa shape index (κ1) is 23.2. The van der Waals surface area contributed by atoms with Gasteiger partial charge in [-0.2, -0.15) is 5.10 Å². The number of amides is 1. The van der Waals surface area contributed by atoms with Crippen LogP contribution in [0.4, 0.5) is 0 Å². The average Bonchev–Trinajstić information content (AvgIpc) is 3.30. The Morgan fingerprint density at radius 3 is 2.29 bits per heavy atom. The third-order valence-corrected chi connectivity index (χ3v) is 7.06.